The summed E-state index contributed by atoms with van der Waals surface area (Å²) in [6.07, 6.45) is 19.5. The molecule has 0 unspecified atom stereocenters. The number of carbonyl (C=O) groups is 1. The van der Waals surface area contributed by atoms with Crippen LogP contribution in [0.1, 0.15) is 103 Å². The smallest absolute Gasteiger partial charge is 0.303 e. The number of ether oxygens (including phenoxy) is 1. The van der Waals surface area contributed by atoms with Gasteiger partial charge in [0.15, 0.2) is 0 Å². The Balaban J connectivity index is 2.95. The van der Waals surface area contributed by atoms with E-state index in [9.17, 15) is 4.79 Å². The Morgan fingerprint density at radius 2 is 0.955 bits per heavy atom. The van der Waals surface area contributed by atoms with E-state index in [1.54, 1.807) is 0 Å². The predicted octanol–water partition coefficient (Wildman–Crippen LogP) is 6.12. The first-order chi connectivity index (χ1) is 10.8. The van der Waals surface area contributed by atoms with E-state index in [1.807, 2.05) is 0 Å². The van der Waals surface area contributed by atoms with Crippen LogP contribution in [-0.4, -0.2) is 17.7 Å². The fourth-order valence-corrected chi connectivity index (χ4v) is 2.78. The molecule has 0 fully saturated rings. The van der Waals surface area contributed by atoms with Crippen LogP contribution in [0.15, 0.2) is 0 Å². The van der Waals surface area contributed by atoms with Gasteiger partial charge in [-0.05, 0) is 12.8 Å². The molecule has 22 heavy (non-hydrogen) atoms. The third kappa shape index (κ3) is 19.4. The van der Waals surface area contributed by atoms with Gasteiger partial charge in [-0.3, -0.25) is 4.79 Å². The van der Waals surface area contributed by atoms with Crippen molar-refractivity contribution in [3.8, 4) is 0 Å². The Hall–Kier alpha value is -0.570. The highest BCUT2D eigenvalue weighted by Crippen LogP contribution is 2.13. The second kappa shape index (κ2) is 18.5. The first-order valence-corrected chi connectivity index (χ1v) is 9.36. The van der Waals surface area contributed by atoms with Crippen LogP contribution in [-0.2, 0) is 9.53 Å². The predicted molar refractivity (Wildman–Crippen MR) is 92.8 cm³/mol. The average Bonchev–Trinajstić information content (AvgIpc) is 2.50. The van der Waals surface area contributed by atoms with Gasteiger partial charge in [0.2, 0.25) is 0 Å². The van der Waals surface area contributed by atoms with Crippen LogP contribution in [0.2, 0.25) is 0 Å². The molecule has 0 spiro atoms. The maximum atomic E-state index is 10.4. The molecule has 0 aromatic rings. The maximum Gasteiger partial charge on any atom is 0.303 e. The van der Waals surface area contributed by atoms with Crippen LogP contribution in [0.3, 0.4) is 0 Å². The number of hydrogen-bond donors (Lipinski definition) is 1. The molecule has 0 rings (SSSR count). The standard InChI is InChI=1S/C19H37O3/c1-22-18-16-14-12-10-8-6-4-2-3-5-7-9-11-13-15-17-19(20)21/h1-18H2,(H,20,21). The summed E-state index contributed by atoms with van der Waals surface area (Å²) in [7, 11) is 3.38. The molecule has 1 N–H and O–H groups in total. The molecule has 0 saturated heterocycles. The summed E-state index contributed by atoms with van der Waals surface area (Å²) in [5.41, 5.74) is 0. The van der Waals surface area contributed by atoms with E-state index in [1.165, 1.54) is 77.0 Å². The van der Waals surface area contributed by atoms with Crippen LogP contribution in [0.4, 0.5) is 0 Å². The first kappa shape index (κ1) is 21.4. The molecular formula is C19H37O3. The molecule has 0 aromatic heterocycles. The summed E-state index contributed by atoms with van der Waals surface area (Å²) in [4.78, 5) is 10.4. The van der Waals surface area contributed by atoms with E-state index < -0.39 is 5.97 Å². The summed E-state index contributed by atoms with van der Waals surface area (Å²) < 4.78 is 4.80. The summed E-state index contributed by atoms with van der Waals surface area (Å²) in [6, 6.07) is 0. The van der Waals surface area contributed by atoms with Gasteiger partial charge in [-0.1, -0.05) is 83.5 Å². The lowest BCUT2D eigenvalue weighted by molar-refractivity contribution is -0.137. The molecular weight excluding hydrogens is 276 g/mol. The Bertz CT molecular complexity index is 229. The SMILES string of the molecule is [CH2]OCCCCCCCCCCCCCCCCCC(=O)O. The van der Waals surface area contributed by atoms with Crippen molar-refractivity contribution in [1.29, 1.82) is 0 Å². The minimum absolute atomic E-state index is 0.337. The van der Waals surface area contributed by atoms with Crippen molar-refractivity contribution in [2.45, 2.75) is 103 Å². The van der Waals surface area contributed by atoms with Gasteiger partial charge in [0.25, 0.3) is 0 Å². The van der Waals surface area contributed by atoms with Crippen molar-refractivity contribution in [2.24, 2.45) is 0 Å². The van der Waals surface area contributed by atoms with Crippen LogP contribution in [0, 0.1) is 7.11 Å². The highest BCUT2D eigenvalue weighted by Gasteiger charge is 1.97. The van der Waals surface area contributed by atoms with Gasteiger partial charge >= 0.3 is 5.97 Å². The summed E-state index contributed by atoms with van der Waals surface area (Å²) in [5, 5.41) is 8.53. The second-order valence-corrected chi connectivity index (χ2v) is 6.36. The van der Waals surface area contributed by atoms with E-state index in [0.29, 0.717) is 6.42 Å². The molecule has 0 aliphatic heterocycles. The maximum absolute atomic E-state index is 10.4. The molecule has 3 nitrogen and oxygen atoms in total. The zero-order valence-electron chi connectivity index (χ0n) is 14.5. The van der Waals surface area contributed by atoms with Crippen molar-refractivity contribution < 1.29 is 14.6 Å². The lowest BCUT2D eigenvalue weighted by Gasteiger charge is -2.03. The summed E-state index contributed by atoms with van der Waals surface area (Å²) in [6.45, 7) is 0.805. The quantitative estimate of drug-likeness (QED) is 0.310. The van der Waals surface area contributed by atoms with E-state index in [0.717, 1.165) is 25.9 Å². The number of carboxylic acids is 1. The molecule has 0 heterocycles. The van der Waals surface area contributed by atoms with E-state index >= 15 is 0 Å². The molecule has 3 heteroatoms. The molecule has 0 bridgehead atoms. The number of carboxylic acid groups (broad SMARTS) is 1. The monoisotopic (exact) mass is 313 g/mol. The van der Waals surface area contributed by atoms with Crippen LogP contribution >= 0.6 is 0 Å². The number of rotatable bonds is 18. The van der Waals surface area contributed by atoms with E-state index in [2.05, 4.69) is 7.11 Å². The van der Waals surface area contributed by atoms with Gasteiger partial charge in [-0.25, -0.2) is 0 Å². The molecule has 0 aliphatic rings. The molecule has 0 amide bonds. The Labute approximate surface area is 137 Å². The number of hydrogen-bond acceptors (Lipinski definition) is 2. The van der Waals surface area contributed by atoms with E-state index in [-0.39, 0.29) is 0 Å². The zero-order valence-corrected chi connectivity index (χ0v) is 14.5. The highest BCUT2D eigenvalue weighted by molar-refractivity contribution is 5.66. The fraction of sp³-hybridized carbons (Fsp3) is 0.895. The highest BCUT2D eigenvalue weighted by atomic mass is 16.5. The van der Waals surface area contributed by atoms with Crippen molar-refractivity contribution in [3.63, 3.8) is 0 Å². The molecule has 0 atom stereocenters. The van der Waals surface area contributed by atoms with Crippen LogP contribution < -0.4 is 0 Å². The fourth-order valence-electron chi connectivity index (χ4n) is 2.78. The van der Waals surface area contributed by atoms with Crippen LogP contribution in [0.5, 0.6) is 0 Å². The Morgan fingerprint density at radius 1 is 0.636 bits per heavy atom. The topological polar surface area (TPSA) is 46.5 Å². The van der Waals surface area contributed by atoms with Gasteiger partial charge < -0.3 is 9.84 Å². The lowest BCUT2D eigenvalue weighted by Crippen LogP contribution is -1.93. The average molecular weight is 314 g/mol. The number of aliphatic carboxylic acids is 1. The third-order valence-electron chi connectivity index (χ3n) is 4.18. The van der Waals surface area contributed by atoms with E-state index in [4.69, 9.17) is 9.84 Å². The van der Waals surface area contributed by atoms with Crippen LogP contribution in [0.25, 0.3) is 0 Å². The van der Waals surface area contributed by atoms with Gasteiger partial charge in [0.05, 0.1) is 7.11 Å². The molecule has 1 radical (unpaired) electrons. The minimum atomic E-state index is -0.660. The Morgan fingerprint density at radius 3 is 1.27 bits per heavy atom. The van der Waals surface area contributed by atoms with Gasteiger partial charge in [-0.2, -0.15) is 0 Å². The summed E-state index contributed by atoms with van der Waals surface area (Å²) >= 11 is 0. The zero-order chi connectivity index (χ0) is 16.3. The molecule has 0 aromatic carbocycles. The molecule has 131 valence electrons. The lowest BCUT2D eigenvalue weighted by atomic mass is 10.0. The second-order valence-electron chi connectivity index (χ2n) is 6.36. The first-order valence-electron chi connectivity index (χ1n) is 9.36. The Kier molecular flexibility index (Phi) is 18.0. The molecule has 0 aliphatic carbocycles. The number of unbranched alkanes of at least 4 members (excludes halogenated alkanes) is 14. The molecule has 0 saturated carbocycles. The summed E-state index contributed by atoms with van der Waals surface area (Å²) in [5.74, 6) is -0.660. The van der Waals surface area contributed by atoms with Gasteiger partial charge in [0.1, 0.15) is 0 Å². The van der Waals surface area contributed by atoms with Crippen molar-refractivity contribution in [1.82, 2.24) is 0 Å². The minimum Gasteiger partial charge on any atom is -0.481 e. The largest absolute Gasteiger partial charge is 0.481 e. The third-order valence-corrected chi connectivity index (χ3v) is 4.18. The van der Waals surface area contributed by atoms with Gasteiger partial charge in [-0.15, -0.1) is 0 Å². The van der Waals surface area contributed by atoms with Crippen molar-refractivity contribution >= 4 is 5.97 Å². The van der Waals surface area contributed by atoms with Gasteiger partial charge in [0, 0.05) is 13.0 Å². The normalized spacial score (nSPS) is 11.0. The van der Waals surface area contributed by atoms with Crippen molar-refractivity contribution in [2.75, 3.05) is 6.61 Å². The van der Waals surface area contributed by atoms with Crippen molar-refractivity contribution in [3.05, 3.63) is 7.11 Å².